The average molecular weight is 285 g/mol. The molecule has 6 heteroatoms. The molecule has 0 spiro atoms. The first-order chi connectivity index (χ1) is 9.08. The van der Waals surface area contributed by atoms with E-state index < -0.39 is 0 Å². The van der Waals surface area contributed by atoms with Gasteiger partial charge in [0.05, 0.1) is 18.7 Å². The fourth-order valence-corrected chi connectivity index (χ4v) is 2.51. The Morgan fingerprint density at radius 2 is 2.26 bits per heavy atom. The van der Waals surface area contributed by atoms with Crippen molar-refractivity contribution in [3.8, 4) is 0 Å². The Morgan fingerprint density at radius 3 is 2.84 bits per heavy atom. The number of carbonyl (C=O) groups excluding carboxylic acids is 1. The Bertz CT molecular complexity index is 395. The minimum atomic E-state index is -0.249. The van der Waals surface area contributed by atoms with E-state index in [1.807, 2.05) is 20.0 Å². The molecule has 1 aromatic heterocycles. The molecule has 2 N–H and O–H groups in total. The van der Waals surface area contributed by atoms with Gasteiger partial charge in [0.15, 0.2) is 0 Å². The van der Waals surface area contributed by atoms with Gasteiger partial charge in [-0.05, 0) is 20.3 Å². The largest absolute Gasteiger partial charge is 0.383 e. The molecule has 0 aliphatic carbocycles. The molecule has 2 atom stereocenters. The summed E-state index contributed by atoms with van der Waals surface area (Å²) in [5.74, 6) is -0.0174. The lowest BCUT2D eigenvalue weighted by atomic mass is 10.2. The van der Waals surface area contributed by atoms with E-state index in [2.05, 4.69) is 22.5 Å². The van der Waals surface area contributed by atoms with Crippen molar-refractivity contribution in [2.45, 2.75) is 39.3 Å². The van der Waals surface area contributed by atoms with Gasteiger partial charge in [0.25, 0.3) is 0 Å². The standard InChI is InChI=1S/C13H23N3O2S/c1-5-11-8-15-13(19-11)10(3)16-9(2)12(17)14-6-7-18-4/h8-10,16H,5-7H2,1-4H3,(H,14,17). The van der Waals surface area contributed by atoms with Crippen molar-refractivity contribution in [1.29, 1.82) is 0 Å². The number of rotatable bonds is 8. The number of amides is 1. The van der Waals surface area contributed by atoms with Gasteiger partial charge in [0, 0.05) is 24.7 Å². The van der Waals surface area contributed by atoms with Crippen LogP contribution in [0, 0.1) is 0 Å². The molecule has 19 heavy (non-hydrogen) atoms. The summed E-state index contributed by atoms with van der Waals surface area (Å²) < 4.78 is 4.89. The number of hydrogen-bond acceptors (Lipinski definition) is 5. The first-order valence-electron chi connectivity index (χ1n) is 6.55. The summed E-state index contributed by atoms with van der Waals surface area (Å²) in [6.45, 7) is 7.05. The molecule has 5 nitrogen and oxygen atoms in total. The Balaban J connectivity index is 2.42. The third-order valence-electron chi connectivity index (χ3n) is 2.79. The van der Waals surface area contributed by atoms with Crippen LogP contribution in [0.3, 0.4) is 0 Å². The molecule has 1 amide bonds. The van der Waals surface area contributed by atoms with Crippen LogP contribution in [0.15, 0.2) is 6.20 Å². The van der Waals surface area contributed by atoms with Gasteiger partial charge in [0.2, 0.25) is 5.91 Å². The molecule has 0 aliphatic rings. The van der Waals surface area contributed by atoms with Crippen molar-refractivity contribution in [1.82, 2.24) is 15.6 Å². The molecule has 1 aromatic rings. The van der Waals surface area contributed by atoms with Gasteiger partial charge in [-0.1, -0.05) is 6.92 Å². The number of aromatic nitrogens is 1. The molecule has 0 bridgehead atoms. The van der Waals surface area contributed by atoms with Crippen LogP contribution in [-0.4, -0.2) is 37.2 Å². The van der Waals surface area contributed by atoms with E-state index in [1.165, 1.54) is 4.88 Å². The summed E-state index contributed by atoms with van der Waals surface area (Å²) in [5.41, 5.74) is 0. The van der Waals surface area contributed by atoms with Gasteiger partial charge < -0.3 is 10.1 Å². The van der Waals surface area contributed by atoms with E-state index in [4.69, 9.17) is 4.74 Å². The summed E-state index contributed by atoms with van der Waals surface area (Å²) in [6.07, 6.45) is 2.90. The zero-order chi connectivity index (χ0) is 14.3. The van der Waals surface area contributed by atoms with E-state index in [0.29, 0.717) is 13.2 Å². The van der Waals surface area contributed by atoms with Crippen LogP contribution >= 0.6 is 11.3 Å². The summed E-state index contributed by atoms with van der Waals surface area (Å²) >= 11 is 1.69. The van der Waals surface area contributed by atoms with Crippen molar-refractivity contribution < 1.29 is 9.53 Å². The van der Waals surface area contributed by atoms with Gasteiger partial charge in [-0.3, -0.25) is 10.1 Å². The van der Waals surface area contributed by atoms with Crippen LogP contribution in [0.2, 0.25) is 0 Å². The molecule has 1 rings (SSSR count). The number of nitrogens with zero attached hydrogens (tertiary/aromatic N) is 1. The lowest BCUT2D eigenvalue weighted by molar-refractivity contribution is -0.123. The van der Waals surface area contributed by atoms with Gasteiger partial charge in [0.1, 0.15) is 5.01 Å². The first-order valence-corrected chi connectivity index (χ1v) is 7.37. The number of methoxy groups -OCH3 is 1. The van der Waals surface area contributed by atoms with Crippen LogP contribution in [-0.2, 0) is 16.0 Å². The molecule has 108 valence electrons. The fraction of sp³-hybridized carbons (Fsp3) is 0.692. The van der Waals surface area contributed by atoms with Gasteiger partial charge in [-0.2, -0.15) is 0 Å². The van der Waals surface area contributed by atoms with Gasteiger partial charge >= 0.3 is 0 Å². The van der Waals surface area contributed by atoms with E-state index in [9.17, 15) is 4.79 Å². The molecule has 1 heterocycles. The highest BCUT2D eigenvalue weighted by molar-refractivity contribution is 7.11. The summed E-state index contributed by atoms with van der Waals surface area (Å²) in [4.78, 5) is 17.4. The lowest BCUT2D eigenvalue weighted by Gasteiger charge is -2.18. The second-order valence-electron chi connectivity index (χ2n) is 4.41. The van der Waals surface area contributed by atoms with Gasteiger partial charge in [-0.25, -0.2) is 4.98 Å². The van der Waals surface area contributed by atoms with Crippen molar-refractivity contribution in [2.24, 2.45) is 0 Å². The maximum atomic E-state index is 11.8. The smallest absolute Gasteiger partial charge is 0.236 e. The molecule has 0 radical (unpaired) electrons. The second-order valence-corrected chi connectivity index (χ2v) is 5.56. The Kier molecular flexibility index (Phi) is 6.97. The highest BCUT2D eigenvalue weighted by atomic mass is 32.1. The second kappa shape index (κ2) is 8.24. The number of aryl methyl sites for hydroxylation is 1. The lowest BCUT2D eigenvalue weighted by Crippen LogP contribution is -2.44. The molecular formula is C13H23N3O2S. The van der Waals surface area contributed by atoms with Gasteiger partial charge in [-0.15, -0.1) is 11.3 Å². The molecule has 0 saturated carbocycles. The number of carbonyl (C=O) groups is 1. The average Bonchev–Trinajstić information content (AvgIpc) is 2.87. The van der Waals surface area contributed by atoms with Crippen molar-refractivity contribution in [3.63, 3.8) is 0 Å². The van der Waals surface area contributed by atoms with Crippen molar-refractivity contribution in [2.75, 3.05) is 20.3 Å². The highest BCUT2D eigenvalue weighted by Gasteiger charge is 2.17. The summed E-state index contributed by atoms with van der Waals surface area (Å²) in [5, 5.41) is 7.09. The quantitative estimate of drug-likeness (QED) is 0.711. The van der Waals surface area contributed by atoms with E-state index in [1.54, 1.807) is 18.4 Å². The predicted octanol–water partition coefficient (Wildman–Crippen LogP) is 1.51. The normalized spacial score (nSPS) is 14.1. The van der Waals surface area contributed by atoms with Crippen LogP contribution in [0.5, 0.6) is 0 Å². The third-order valence-corrected chi connectivity index (χ3v) is 4.11. The molecule has 0 fully saturated rings. The molecule has 0 aromatic carbocycles. The summed E-state index contributed by atoms with van der Waals surface area (Å²) in [7, 11) is 1.61. The van der Waals surface area contributed by atoms with E-state index >= 15 is 0 Å². The molecule has 2 unspecified atom stereocenters. The number of ether oxygens (including phenoxy) is 1. The zero-order valence-electron chi connectivity index (χ0n) is 12.0. The van der Waals surface area contributed by atoms with Crippen molar-refractivity contribution in [3.05, 3.63) is 16.1 Å². The van der Waals surface area contributed by atoms with Crippen molar-refractivity contribution >= 4 is 17.2 Å². The number of thiazole rings is 1. The van der Waals surface area contributed by atoms with E-state index in [-0.39, 0.29) is 18.0 Å². The highest BCUT2D eigenvalue weighted by Crippen LogP contribution is 2.20. The minimum absolute atomic E-state index is 0.0174. The molecular weight excluding hydrogens is 262 g/mol. The maximum absolute atomic E-state index is 11.8. The Morgan fingerprint density at radius 1 is 1.53 bits per heavy atom. The number of hydrogen-bond donors (Lipinski definition) is 2. The predicted molar refractivity (Wildman–Crippen MR) is 77.4 cm³/mol. The maximum Gasteiger partial charge on any atom is 0.236 e. The third kappa shape index (κ3) is 5.26. The topological polar surface area (TPSA) is 63.2 Å². The SMILES string of the molecule is CCc1cnc(C(C)NC(C)C(=O)NCCOC)s1. The fourth-order valence-electron chi connectivity index (χ4n) is 1.64. The Labute approximate surface area is 118 Å². The van der Waals surface area contributed by atoms with Crippen LogP contribution < -0.4 is 10.6 Å². The van der Waals surface area contributed by atoms with Crippen LogP contribution in [0.4, 0.5) is 0 Å². The van der Waals surface area contributed by atoms with E-state index in [0.717, 1.165) is 11.4 Å². The zero-order valence-corrected chi connectivity index (χ0v) is 12.8. The molecule has 0 saturated heterocycles. The first kappa shape index (κ1) is 16.1. The monoisotopic (exact) mass is 285 g/mol. The number of nitrogens with one attached hydrogen (secondary N) is 2. The summed E-state index contributed by atoms with van der Waals surface area (Å²) in [6, 6.07) is -0.172. The minimum Gasteiger partial charge on any atom is -0.383 e. The molecule has 0 aliphatic heterocycles. The Hall–Kier alpha value is -0.980. The van der Waals surface area contributed by atoms with Crippen LogP contribution in [0.25, 0.3) is 0 Å². The van der Waals surface area contributed by atoms with Crippen LogP contribution in [0.1, 0.15) is 36.7 Å².